The van der Waals surface area contributed by atoms with Gasteiger partial charge in [-0.2, -0.15) is 10.2 Å². The molecule has 0 unspecified atom stereocenters. The first-order valence-electron chi connectivity index (χ1n) is 3.26. The van der Waals surface area contributed by atoms with E-state index in [1.54, 1.807) is 6.21 Å². The summed E-state index contributed by atoms with van der Waals surface area (Å²) in [7, 11) is 0. The maximum Gasteiger partial charge on any atom is 0.104 e. The number of hydrogen-bond donors (Lipinski definition) is 1. The van der Waals surface area contributed by atoms with Gasteiger partial charge in [0.15, 0.2) is 0 Å². The largest absolute Gasteiger partial charge is 0.346 e. The van der Waals surface area contributed by atoms with E-state index in [1.165, 1.54) is 0 Å². The predicted molar refractivity (Wildman–Crippen MR) is 45.2 cm³/mol. The summed E-state index contributed by atoms with van der Waals surface area (Å²) < 4.78 is 0. The molecule has 1 aromatic rings. The number of imidazole rings is 1. The molecule has 0 atom stereocenters. The van der Waals surface area contributed by atoms with Gasteiger partial charge in [0.25, 0.3) is 0 Å². The van der Waals surface area contributed by atoms with Gasteiger partial charge in [-0.1, -0.05) is 0 Å². The third-order valence-electron chi connectivity index (χ3n) is 1.30. The van der Waals surface area contributed by atoms with Crippen LogP contribution in [0.25, 0.3) is 0 Å². The molecule has 0 spiro atoms. The molecule has 11 heavy (non-hydrogen) atoms. The summed E-state index contributed by atoms with van der Waals surface area (Å²) in [6.45, 7) is 7.06. The van der Waals surface area contributed by atoms with Gasteiger partial charge < -0.3 is 4.98 Å². The zero-order chi connectivity index (χ0) is 8.27. The van der Waals surface area contributed by atoms with Gasteiger partial charge in [0.05, 0.1) is 6.21 Å². The number of aryl methyl sites for hydroxylation is 2. The van der Waals surface area contributed by atoms with E-state index in [4.69, 9.17) is 0 Å². The smallest absolute Gasteiger partial charge is 0.104 e. The maximum atomic E-state index is 4.16. The molecule has 0 saturated carbocycles. The molecule has 0 radical (unpaired) electrons. The Balaban J connectivity index is 2.93. The minimum atomic E-state index is 0.815. The van der Waals surface area contributed by atoms with E-state index >= 15 is 0 Å². The minimum absolute atomic E-state index is 0.815. The third-order valence-corrected chi connectivity index (χ3v) is 1.30. The highest BCUT2D eigenvalue weighted by Crippen LogP contribution is 2.00. The van der Waals surface area contributed by atoms with Crippen molar-refractivity contribution in [1.29, 1.82) is 0 Å². The van der Waals surface area contributed by atoms with E-state index in [9.17, 15) is 0 Å². The van der Waals surface area contributed by atoms with Gasteiger partial charge in [-0.25, -0.2) is 4.98 Å². The van der Waals surface area contributed by atoms with E-state index in [0.29, 0.717) is 0 Å². The van der Waals surface area contributed by atoms with Crippen LogP contribution in [0.4, 0.5) is 0 Å². The van der Waals surface area contributed by atoms with Gasteiger partial charge in [0.1, 0.15) is 11.5 Å². The van der Waals surface area contributed by atoms with Crippen molar-refractivity contribution in [3.05, 3.63) is 17.2 Å². The number of nitrogens with zero attached hydrogens (tertiary/aromatic N) is 3. The number of rotatable bonds is 2. The van der Waals surface area contributed by atoms with E-state index < -0.39 is 0 Å². The van der Waals surface area contributed by atoms with Crippen molar-refractivity contribution in [1.82, 2.24) is 9.97 Å². The zero-order valence-corrected chi connectivity index (χ0v) is 6.63. The third kappa shape index (κ3) is 1.73. The number of aromatic amines is 1. The molecule has 0 aromatic carbocycles. The Morgan fingerprint density at radius 2 is 2.27 bits per heavy atom. The van der Waals surface area contributed by atoms with Crippen LogP contribution in [-0.4, -0.2) is 22.9 Å². The Morgan fingerprint density at radius 1 is 1.55 bits per heavy atom. The highest BCUT2D eigenvalue weighted by Gasteiger charge is 1.98. The summed E-state index contributed by atoms with van der Waals surface area (Å²) >= 11 is 0. The first-order chi connectivity index (χ1) is 5.24. The summed E-state index contributed by atoms with van der Waals surface area (Å²) in [5.41, 5.74) is 1.81. The predicted octanol–water partition coefficient (Wildman–Crippen LogP) is 1.06. The molecule has 58 valence electrons. The molecule has 1 N–H and O–H groups in total. The van der Waals surface area contributed by atoms with Gasteiger partial charge >= 0.3 is 0 Å². The Labute approximate surface area is 65.1 Å². The molecule has 4 heteroatoms. The fourth-order valence-electron chi connectivity index (χ4n) is 0.849. The standard InChI is InChI=1S/C7H10N4/c1-5-7(4-9-8-3)11-6(2)10-5/h4H,3H2,1-2H3,(H,10,11)/b9-4-. The molecular formula is C7H10N4. The SMILES string of the molecule is C=N/N=C\c1nc(C)[nH]c1C. The van der Waals surface area contributed by atoms with Crippen LogP contribution in [0, 0.1) is 13.8 Å². The van der Waals surface area contributed by atoms with Crippen LogP contribution in [0.1, 0.15) is 17.2 Å². The highest BCUT2D eigenvalue weighted by molar-refractivity contribution is 5.78. The molecule has 0 bridgehead atoms. The van der Waals surface area contributed by atoms with Crippen molar-refractivity contribution in [2.45, 2.75) is 13.8 Å². The topological polar surface area (TPSA) is 53.4 Å². The lowest BCUT2D eigenvalue weighted by atomic mass is 10.4. The fraction of sp³-hybridized carbons (Fsp3) is 0.286. The Bertz CT molecular complexity index is 285. The first kappa shape index (κ1) is 7.65. The van der Waals surface area contributed by atoms with Crippen LogP contribution in [-0.2, 0) is 0 Å². The van der Waals surface area contributed by atoms with E-state index in [1.807, 2.05) is 13.8 Å². The number of H-pyrrole nitrogens is 1. The molecule has 0 saturated heterocycles. The summed E-state index contributed by atoms with van der Waals surface area (Å²) in [4.78, 5) is 7.21. The summed E-state index contributed by atoms with van der Waals surface area (Å²) in [6, 6.07) is 0. The van der Waals surface area contributed by atoms with Crippen molar-refractivity contribution < 1.29 is 0 Å². The fourth-order valence-corrected chi connectivity index (χ4v) is 0.849. The second kappa shape index (κ2) is 3.09. The molecule has 0 fully saturated rings. The lowest BCUT2D eigenvalue weighted by Gasteiger charge is -1.82. The molecule has 4 nitrogen and oxygen atoms in total. The van der Waals surface area contributed by atoms with Crippen LogP contribution < -0.4 is 0 Å². The van der Waals surface area contributed by atoms with Crippen LogP contribution in [0.15, 0.2) is 10.2 Å². The van der Waals surface area contributed by atoms with Crippen LogP contribution in [0.5, 0.6) is 0 Å². The maximum absolute atomic E-state index is 4.16. The van der Waals surface area contributed by atoms with Crippen molar-refractivity contribution in [3.63, 3.8) is 0 Å². The first-order valence-corrected chi connectivity index (χ1v) is 3.26. The average molecular weight is 150 g/mol. The molecule has 0 aliphatic carbocycles. The van der Waals surface area contributed by atoms with E-state index in [2.05, 4.69) is 26.9 Å². The monoisotopic (exact) mass is 150 g/mol. The van der Waals surface area contributed by atoms with Crippen molar-refractivity contribution in [2.75, 3.05) is 0 Å². The molecule has 1 aromatic heterocycles. The molecule has 1 heterocycles. The number of nitrogens with one attached hydrogen (secondary N) is 1. The van der Waals surface area contributed by atoms with Gasteiger partial charge in [-0.15, -0.1) is 0 Å². The summed E-state index contributed by atoms with van der Waals surface area (Å²) in [6.07, 6.45) is 1.58. The minimum Gasteiger partial charge on any atom is -0.346 e. The lowest BCUT2D eigenvalue weighted by Crippen LogP contribution is -1.83. The van der Waals surface area contributed by atoms with Gasteiger partial charge in [0.2, 0.25) is 0 Å². The quantitative estimate of drug-likeness (QED) is 0.497. The summed E-state index contributed by atoms with van der Waals surface area (Å²) in [5.74, 6) is 0.882. The normalized spacial score (nSPS) is 10.7. The second-order valence-corrected chi connectivity index (χ2v) is 2.22. The van der Waals surface area contributed by atoms with Gasteiger partial charge in [-0.3, -0.25) is 0 Å². The lowest BCUT2D eigenvalue weighted by molar-refractivity contribution is 1.13. The van der Waals surface area contributed by atoms with Crippen molar-refractivity contribution in [2.24, 2.45) is 10.2 Å². The summed E-state index contributed by atoms with van der Waals surface area (Å²) in [5, 5.41) is 6.97. The second-order valence-electron chi connectivity index (χ2n) is 2.22. The average Bonchev–Trinajstić information content (AvgIpc) is 2.26. The molecule has 0 amide bonds. The Hall–Kier alpha value is -1.45. The van der Waals surface area contributed by atoms with Crippen molar-refractivity contribution >= 4 is 12.9 Å². The van der Waals surface area contributed by atoms with E-state index in [0.717, 1.165) is 17.2 Å². The van der Waals surface area contributed by atoms with Gasteiger partial charge in [-0.05, 0) is 13.8 Å². The van der Waals surface area contributed by atoms with Crippen LogP contribution in [0.2, 0.25) is 0 Å². The van der Waals surface area contributed by atoms with Crippen LogP contribution >= 0.6 is 0 Å². The molecular weight excluding hydrogens is 140 g/mol. The highest BCUT2D eigenvalue weighted by atomic mass is 15.2. The van der Waals surface area contributed by atoms with Gasteiger partial charge in [0, 0.05) is 12.4 Å². The Kier molecular flexibility index (Phi) is 2.15. The molecule has 1 rings (SSSR count). The molecule has 0 aliphatic rings. The molecule has 0 aliphatic heterocycles. The van der Waals surface area contributed by atoms with E-state index in [-0.39, 0.29) is 0 Å². The number of aromatic nitrogens is 2. The van der Waals surface area contributed by atoms with Crippen molar-refractivity contribution in [3.8, 4) is 0 Å². The van der Waals surface area contributed by atoms with Crippen LogP contribution in [0.3, 0.4) is 0 Å². The number of hydrogen-bond acceptors (Lipinski definition) is 3. The Morgan fingerprint density at radius 3 is 2.73 bits per heavy atom. The zero-order valence-electron chi connectivity index (χ0n) is 6.63.